The number of hydrogen-bond acceptors (Lipinski definition) is 5. The normalized spacial score (nSPS) is 16.7. The molecule has 1 fully saturated rings. The standard InChI is InChI=1S/C18H18ClN3O3/c19-14-8-16-15(24-5-6-25-16)7-13(14)12-9-20-18(21-10-12)22-17(23)11-3-1-2-4-11/h7-11H,1-6H2,(H,20,21,22,23). The molecule has 0 bridgehead atoms. The van der Waals surface area contributed by atoms with Crippen molar-refractivity contribution in [2.75, 3.05) is 18.5 Å². The molecule has 0 spiro atoms. The quantitative estimate of drug-likeness (QED) is 0.904. The number of aromatic nitrogens is 2. The summed E-state index contributed by atoms with van der Waals surface area (Å²) in [7, 11) is 0. The summed E-state index contributed by atoms with van der Waals surface area (Å²) in [6, 6.07) is 3.56. The SMILES string of the molecule is O=C(Nc1ncc(-c2cc3c(cc2Cl)OCCO3)cn1)C1CCCC1. The summed E-state index contributed by atoms with van der Waals surface area (Å²) >= 11 is 6.35. The zero-order valence-electron chi connectivity index (χ0n) is 13.6. The van der Waals surface area contributed by atoms with Crippen LogP contribution in [0.4, 0.5) is 5.95 Å². The van der Waals surface area contributed by atoms with E-state index in [4.69, 9.17) is 21.1 Å². The van der Waals surface area contributed by atoms with Gasteiger partial charge in [-0.05, 0) is 18.9 Å². The Bertz CT molecular complexity index is 789. The fourth-order valence-electron chi connectivity index (χ4n) is 3.22. The van der Waals surface area contributed by atoms with Gasteiger partial charge in [0.25, 0.3) is 0 Å². The number of fused-ring (bicyclic) bond motifs is 1. The third-order valence-corrected chi connectivity index (χ3v) is 4.87. The molecule has 25 heavy (non-hydrogen) atoms. The van der Waals surface area contributed by atoms with E-state index in [9.17, 15) is 4.79 Å². The molecule has 6 nitrogen and oxygen atoms in total. The summed E-state index contributed by atoms with van der Waals surface area (Å²) in [5.41, 5.74) is 1.51. The molecule has 2 aliphatic rings. The van der Waals surface area contributed by atoms with Crippen LogP contribution in [-0.4, -0.2) is 29.1 Å². The second kappa shape index (κ2) is 6.88. The number of nitrogens with one attached hydrogen (secondary N) is 1. The lowest BCUT2D eigenvalue weighted by Gasteiger charge is -2.19. The molecule has 2 aromatic rings. The van der Waals surface area contributed by atoms with Gasteiger partial charge < -0.3 is 9.47 Å². The van der Waals surface area contributed by atoms with Crippen LogP contribution in [-0.2, 0) is 4.79 Å². The predicted molar refractivity (Wildman–Crippen MR) is 94.1 cm³/mol. The van der Waals surface area contributed by atoms with Gasteiger partial charge in [0.15, 0.2) is 11.5 Å². The molecule has 1 aromatic heterocycles. The molecule has 0 saturated heterocycles. The minimum absolute atomic E-state index is 0.00242. The molecular weight excluding hydrogens is 342 g/mol. The molecule has 1 aromatic carbocycles. The first kappa shape index (κ1) is 16.1. The average molecular weight is 360 g/mol. The maximum Gasteiger partial charge on any atom is 0.229 e. The van der Waals surface area contributed by atoms with Crippen LogP contribution in [0.5, 0.6) is 11.5 Å². The summed E-state index contributed by atoms with van der Waals surface area (Å²) in [6.07, 6.45) is 7.40. The maximum absolute atomic E-state index is 12.1. The van der Waals surface area contributed by atoms with Crippen molar-refractivity contribution in [3.63, 3.8) is 0 Å². The van der Waals surface area contributed by atoms with Gasteiger partial charge >= 0.3 is 0 Å². The van der Waals surface area contributed by atoms with E-state index >= 15 is 0 Å². The Hall–Kier alpha value is -2.34. The second-order valence-electron chi connectivity index (χ2n) is 6.24. The first-order valence-electron chi connectivity index (χ1n) is 8.43. The van der Waals surface area contributed by atoms with Gasteiger partial charge in [0.1, 0.15) is 13.2 Å². The van der Waals surface area contributed by atoms with E-state index < -0.39 is 0 Å². The van der Waals surface area contributed by atoms with Crippen molar-refractivity contribution in [1.82, 2.24) is 9.97 Å². The van der Waals surface area contributed by atoms with Crippen LogP contribution in [0.25, 0.3) is 11.1 Å². The van der Waals surface area contributed by atoms with Crippen molar-refractivity contribution in [3.05, 3.63) is 29.5 Å². The number of ether oxygens (including phenoxy) is 2. The number of rotatable bonds is 3. The van der Waals surface area contributed by atoms with Gasteiger partial charge in [0.2, 0.25) is 11.9 Å². The summed E-state index contributed by atoms with van der Waals surface area (Å²) < 4.78 is 11.1. The van der Waals surface area contributed by atoms with Crippen molar-refractivity contribution in [2.45, 2.75) is 25.7 Å². The molecule has 1 saturated carbocycles. The highest BCUT2D eigenvalue weighted by Gasteiger charge is 2.23. The fraction of sp³-hybridized carbons (Fsp3) is 0.389. The van der Waals surface area contributed by atoms with Crippen LogP contribution in [0.15, 0.2) is 24.5 Å². The molecule has 1 N–H and O–H groups in total. The molecule has 7 heteroatoms. The number of amides is 1. The minimum Gasteiger partial charge on any atom is -0.486 e. The van der Waals surface area contributed by atoms with Crippen molar-refractivity contribution >= 4 is 23.5 Å². The molecular formula is C18H18ClN3O3. The second-order valence-corrected chi connectivity index (χ2v) is 6.65. The Morgan fingerprint density at radius 1 is 1.08 bits per heavy atom. The Balaban J connectivity index is 1.53. The van der Waals surface area contributed by atoms with E-state index in [1.807, 2.05) is 6.07 Å². The number of nitrogens with zero attached hydrogens (tertiary/aromatic N) is 2. The monoisotopic (exact) mass is 359 g/mol. The Morgan fingerprint density at radius 3 is 2.40 bits per heavy atom. The van der Waals surface area contributed by atoms with E-state index in [1.165, 1.54) is 0 Å². The van der Waals surface area contributed by atoms with Crippen molar-refractivity contribution in [3.8, 4) is 22.6 Å². The number of anilines is 1. The van der Waals surface area contributed by atoms with E-state index in [0.717, 1.165) is 36.8 Å². The molecule has 0 atom stereocenters. The van der Waals surface area contributed by atoms with Crippen LogP contribution >= 0.6 is 11.6 Å². The number of carbonyl (C=O) groups is 1. The number of carbonyl (C=O) groups excluding carboxylic acids is 1. The Kier molecular flexibility index (Phi) is 4.44. The minimum atomic E-state index is 0.00242. The first-order valence-corrected chi connectivity index (χ1v) is 8.81. The third-order valence-electron chi connectivity index (χ3n) is 4.56. The van der Waals surface area contributed by atoms with Crippen LogP contribution in [0.2, 0.25) is 5.02 Å². The molecule has 1 aliphatic carbocycles. The summed E-state index contributed by atoms with van der Waals surface area (Å²) in [4.78, 5) is 20.6. The van der Waals surface area contributed by atoms with E-state index in [2.05, 4.69) is 15.3 Å². The molecule has 0 unspecified atom stereocenters. The number of hydrogen-bond donors (Lipinski definition) is 1. The van der Waals surface area contributed by atoms with Crippen molar-refractivity contribution < 1.29 is 14.3 Å². The van der Waals surface area contributed by atoms with Gasteiger partial charge in [-0.3, -0.25) is 10.1 Å². The summed E-state index contributed by atoms with van der Waals surface area (Å²) in [5.74, 6) is 1.69. The Morgan fingerprint density at radius 2 is 1.72 bits per heavy atom. The van der Waals surface area contributed by atoms with E-state index in [1.54, 1.807) is 18.5 Å². The first-order chi connectivity index (χ1) is 12.2. The molecule has 4 rings (SSSR count). The van der Waals surface area contributed by atoms with Gasteiger partial charge in [-0.2, -0.15) is 0 Å². The van der Waals surface area contributed by atoms with Crippen molar-refractivity contribution in [2.24, 2.45) is 5.92 Å². The lowest BCUT2D eigenvalue weighted by Crippen LogP contribution is -2.21. The molecule has 130 valence electrons. The lowest BCUT2D eigenvalue weighted by molar-refractivity contribution is -0.119. The number of benzene rings is 1. The third kappa shape index (κ3) is 3.39. The summed E-state index contributed by atoms with van der Waals surface area (Å²) in [5, 5.41) is 3.33. The largest absolute Gasteiger partial charge is 0.486 e. The highest BCUT2D eigenvalue weighted by molar-refractivity contribution is 6.33. The zero-order valence-corrected chi connectivity index (χ0v) is 14.4. The molecule has 2 heterocycles. The molecule has 0 radical (unpaired) electrons. The average Bonchev–Trinajstić information content (AvgIpc) is 3.17. The van der Waals surface area contributed by atoms with Crippen molar-refractivity contribution in [1.29, 1.82) is 0 Å². The topological polar surface area (TPSA) is 73.3 Å². The van der Waals surface area contributed by atoms with Gasteiger partial charge in [-0.1, -0.05) is 24.4 Å². The smallest absolute Gasteiger partial charge is 0.229 e. The lowest BCUT2D eigenvalue weighted by atomic mass is 10.1. The number of halogens is 1. The zero-order chi connectivity index (χ0) is 17.2. The van der Waals surface area contributed by atoms with E-state index in [0.29, 0.717) is 35.7 Å². The van der Waals surface area contributed by atoms with Gasteiger partial charge in [-0.15, -0.1) is 0 Å². The predicted octanol–water partition coefficient (Wildman–Crippen LogP) is 3.70. The summed E-state index contributed by atoms with van der Waals surface area (Å²) in [6.45, 7) is 1.03. The van der Waals surface area contributed by atoms with Gasteiger partial charge in [-0.25, -0.2) is 9.97 Å². The highest BCUT2D eigenvalue weighted by Crippen LogP contribution is 2.39. The van der Waals surface area contributed by atoms with Crippen LogP contribution in [0.3, 0.4) is 0 Å². The van der Waals surface area contributed by atoms with Gasteiger partial charge in [0.05, 0.1) is 5.02 Å². The van der Waals surface area contributed by atoms with E-state index in [-0.39, 0.29) is 11.8 Å². The fourth-order valence-corrected chi connectivity index (χ4v) is 3.48. The highest BCUT2D eigenvalue weighted by atomic mass is 35.5. The van der Waals surface area contributed by atoms with Crippen LogP contribution in [0.1, 0.15) is 25.7 Å². The molecule has 1 aliphatic heterocycles. The van der Waals surface area contributed by atoms with Crippen LogP contribution in [0, 0.1) is 5.92 Å². The van der Waals surface area contributed by atoms with Crippen LogP contribution < -0.4 is 14.8 Å². The Labute approximate surface area is 150 Å². The van der Waals surface area contributed by atoms with Gasteiger partial charge in [0, 0.05) is 35.5 Å². The molecule has 1 amide bonds. The maximum atomic E-state index is 12.1.